The van der Waals surface area contributed by atoms with E-state index in [9.17, 15) is 0 Å². The second-order valence-corrected chi connectivity index (χ2v) is 8.09. The summed E-state index contributed by atoms with van der Waals surface area (Å²) < 4.78 is 0. The Morgan fingerprint density at radius 2 is 1.55 bits per heavy atom. The molecule has 0 aromatic heterocycles. The summed E-state index contributed by atoms with van der Waals surface area (Å²) in [5.74, 6) is 1.80. The van der Waals surface area contributed by atoms with Gasteiger partial charge in [-0.1, -0.05) is 53.9 Å². The lowest BCUT2D eigenvalue weighted by Crippen LogP contribution is -2.51. The Balaban J connectivity index is 2.83. The molecule has 2 unspecified atom stereocenters. The minimum absolute atomic E-state index is 0.766. The topological polar surface area (TPSA) is 3.24 Å². The molecule has 0 amide bonds. The smallest absolute Gasteiger partial charge is 0.0124 e. The van der Waals surface area contributed by atoms with Crippen molar-refractivity contribution in [3.05, 3.63) is 0 Å². The average Bonchev–Trinajstić information content (AvgIpc) is 2.51. The molecule has 0 aromatic carbocycles. The molecule has 0 radical (unpaired) electrons. The standard InChI is InChI=1S/C21H43N/c1-7-10-12-19(6)22(20-15-13-17(4)14-16-20)21(9-3)18(5)11-8-2/h17-21H,7-16H2,1-6H3/t17?,18?,19?,20?,21-/m0/s1. The molecule has 132 valence electrons. The van der Waals surface area contributed by atoms with E-state index in [1.54, 1.807) is 0 Å². The van der Waals surface area contributed by atoms with Gasteiger partial charge in [0.1, 0.15) is 0 Å². The summed E-state index contributed by atoms with van der Waals surface area (Å²) >= 11 is 0. The summed E-state index contributed by atoms with van der Waals surface area (Å²) in [6.45, 7) is 14.5. The quantitative estimate of drug-likeness (QED) is 0.436. The van der Waals surface area contributed by atoms with Crippen molar-refractivity contribution in [2.45, 2.75) is 124 Å². The van der Waals surface area contributed by atoms with Gasteiger partial charge in [-0.3, -0.25) is 4.90 Å². The fourth-order valence-electron chi connectivity index (χ4n) is 4.70. The zero-order valence-corrected chi connectivity index (χ0v) is 16.4. The van der Waals surface area contributed by atoms with Crippen LogP contribution >= 0.6 is 0 Å². The average molecular weight is 310 g/mol. The van der Waals surface area contributed by atoms with E-state index in [0.717, 1.165) is 30.0 Å². The van der Waals surface area contributed by atoms with E-state index in [2.05, 4.69) is 46.4 Å². The van der Waals surface area contributed by atoms with Gasteiger partial charge >= 0.3 is 0 Å². The monoisotopic (exact) mass is 309 g/mol. The summed E-state index contributed by atoms with van der Waals surface area (Å²) in [7, 11) is 0. The second-order valence-electron chi connectivity index (χ2n) is 8.09. The van der Waals surface area contributed by atoms with E-state index >= 15 is 0 Å². The first-order valence-corrected chi connectivity index (χ1v) is 10.3. The van der Waals surface area contributed by atoms with Gasteiger partial charge < -0.3 is 0 Å². The number of rotatable bonds is 10. The highest BCUT2D eigenvalue weighted by Gasteiger charge is 2.33. The molecular weight excluding hydrogens is 266 g/mol. The van der Waals surface area contributed by atoms with E-state index in [-0.39, 0.29) is 0 Å². The van der Waals surface area contributed by atoms with Crippen LogP contribution in [-0.2, 0) is 0 Å². The highest BCUT2D eigenvalue weighted by molar-refractivity contribution is 4.88. The molecule has 1 heteroatoms. The maximum atomic E-state index is 2.99. The first-order valence-electron chi connectivity index (χ1n) is 10.3. The lowest BCUT2D eigenvalue weighted by Gasteiger charge is -2.46. The van der Waals surface area contributed by atoms with Gasteiger partial charge in [0.15, 0.2) is 0 Å². The van der Waals surface area contributed by atoms with Crippen LogP contribution in [0.15, 0.2) is 0 Å². The van der Waals surface area contributed by atoms with Gasteiger partial charge in [0.05, 0.1) is 0 Å². The highest BCUT2D eigenvalue weighted by atomic mass is 15.2. The fourth-order valence-corrected chi connectivity index (χ4v) is 4.70. The molecular formula is C21H43N. The summed E-state index contributed by atoms with van der Waals surface area (Å²) in [6, 6.07) is 2.42. The maximum absolute atomic E-state index is 2.99. The van der Waals surface area contributed by atoms with Gasteiger partial charge in [0.25, 0.3) is 0 Å². The number of unbranched alkanes of at least 4 members (excludes halogenated alkanes) is 1. The molecule has 1 rings (SSSR count). The van der Waals surface area contributed by atoms with E-state index in [0.29, 0.717) is 0 Å². The van der Waals surface area contributed by atoms with Crippen LogP contribution in [0.3, 0.4) is 0 Å². The minimum Gasteiger partial charge on any atom is -0.295 e. The zero-order chi connectivity index (χ0) is 16.5. The molecule has 0 aromatic rings. The number of hydrogen-bond acceptors (Lipinski definition) is 1. The van der Waals surface area contributed by atoms with Crippen molar-refractivity contribution in [3.8, 4) is 0 Å². The third kappa shape index (κ3) is 5.87. The molecule has 0 spiro atoms. The Labute approximate surface area is 141 Å². The van der Waals surface area contributed by atoms with Gasteiger partial charge in [0.2, 0.25) is 0 Å². The molecule has 22 heavy (non-hydrogen) atoms. The van der Waals surface area contributed by atoms with Crippen molar-refractivity contribution in [2.24, 2.45) is 11.8 Å². The van der Waals surface area contributed by atoms with Crippen molar-refractivity contribution < 1.29 is 0 Å². The predicted octanol–water partition coefficient (Wildman–Crippen LogP) is 6.66. The SMILES string of the molecule is CCCCC(C)N(C1CCC(C)CC1)[C@@H](CC)C(C)CCC. The Morgan fingerprint density at radius 1 is 0.909 bits per heavy atom. The molecule has 0 aliphatic heterocycles. The molecule has 0 saturated heterocycles. The summed E-state index contributed by atoms with van der Waals surface area (Å²) in [6.07, 6.45) is 13.9. The van der Waals surface area contributed by atoms with E-state index in [1.807, 2.05) is 0 Å². The van der Waals surface area contributed by atoms with Gasteiger partial charge in [-0.15, -0.1) is 0 Å². The van der Waals surface area contributed by atoms with E-state index in [4.69, 9.17) is 0 Å². The lowest BCUT2D eigenvalue weighted by molar-refractivity contribution is 0.0229. The fraction of sp³-hybridized carbons (Fsp3) is 1.00. The van der Waals surface area contributed by atoms with Gasteiger partial charge in [-0.25, -0.2) is 0 Å². The Kier molecular flexibility index (Phi) is 9.71. The zero-order valence-electron chi connectivity index (χ0n) is 16.4. The van der Waals surface area contributed by atoms with Crippen molar-refractivity contribution in [1.29, 1.82) is 0 Å². The number of nitrogens with zero attached hydrogens (tertiary/aromatic N) is 1. The van der Waals surface area contributed by atoms with Crippen molar-refractivity contribution >= 4 is 0 Å². The predicted molar refractivity (Wildman–Crippen MR) is 100 cm³/mol. The Bertz CT molecular complexity index is 267. The van der Waals surface area contributed by atoms with Crippen molar-refractivity contribution in [3.63, 3.8) is 0 Å². The van der Waals surface area contributed by atoms with Crippen LogP contribution in [0, 0.1) is 11.8 Å². The van der Waals surface area contributed by atoms with E-state index < -0.39 is 0 Å². The second kappa shape index (κ2) is 10.7. The van der Waals surface area contributed by atoms with Gasteiger partial charge in [-0.05, 0) is 63.7 Å². The summed E-state index contributed by atoms with van der Waals surface area (Å²) in [5, 5.41) is 0. The third-order valence-corrected chi connectivity index (χ3v) is 6.09. The molecule has 1 nitrogen and oxygen atoms in total. The molecule has 0 heterocycles. The minimum atomic E-state index is 0.766. The van der Waals surface area contributed by atoms with Crippen LogP contribution in [-0.4, -0.2) is 23.0 Å². The molecule has 3 atom stereocenters. The molecule has 1 fully saturated rings. The molecule has 1 saturated carbocycles. The van der Waals surface area contributed by atoms with E-state index in [1.165, 1.54) is 64.2 Å². The maximum Gasteiger partial charge on any atom is 0.0124 e. The largest absolute Gasteiger partial charge is 0.295 e. The third-order valence-electron chi connectivity index (χ3n) is 6.09. The Hall–Kier alpha value is -0.0400. The summed E-state index contributed by atoms with van der Waals surface area (Å²) in [4.78, 5) is 2.99. The van der Waals surface area contributed by atoms with Crippen LogP contribution in [0.4, 0.5) is 0 Å². The lowest BCUT2D eigenvalue weighted by atomic mass is 9.83. The van der Waals surface area contributed by atoms with Crippen LogP contribution in [0.25, 0.3) is 0 Å². The van der Waals surface area contributed by atoms with Crippen molar-refractivity contribution in [1.82, 2.24) is 4.90 Å². The molecule has 1 aliphatic rings. The highest BCUT2D eigenvalue weighted by Crippen LogP contribution is 2.33. The molecule has 0 N–H and O–H groups in total. The van der Waals surface area contributed by atoms with Crippen LogP contribution in [0.1, 0.15) is 106 Å². The van der Waals surface area contributed by atoms with Gasteiger partial charge in [-0.2, -0.15) is 0 Å². The Morgan fingerprint density at radius 3 is 2.05 bits per heavy atom. The first-order chi connectivity index (χ1) is 10.5. The molecule has 1 aliphatic carbocycles. The number of hydrogen-bond donors (Lipinski definition) is 0. The van der Waals surface area contributed by atoms with Crippen LogP contribution in [0.5, 0.6) is 0 Å². The normalized spacial score (nSPS) is 26.9. The molecule has 0 bridgehead atoms. The summed E-state index contributed by atoms with van der Waals surface area (Å²) in [5.41, 5.74) is 0. The van der Waals surface area contributed by atoms with Crippen LogP contribution in [0.2, 0.25) is 0 Å². The first kappa shape index (κ1) is 20.0. The van der Waals surface area contributed by atoms with Crippen LogP contribution < -0.4 is 0 Å². The van der Waals surface area contributed by atoms with Gasteiger partial charge in [0, 0.05) is 18.1 Å². The van der Waals surface area contributed by atoms with Crippen molar-refractivity contribution in [2.75, 3.05) is 0 Å².